The Morgan fingerprint density at radius 3 is 1.89 bits per heavy atom. The van der Waals surface area contributed by atoms with E-state index in [-0.39, 0.29) is 0 Å². The molecular formula is C10H14O8. The second-order valence-electron chi connectivity index (χ2n) is 3.55. The minimum Gasteiger partial charge on any atom is -0.479 e. The summed E-state index contributed by atoms with van der Waals surface area (Å²) in [6.07, 6.45) is -5.47. The maximum Gasteiger partial charge on any atom is 0.335 e. The Balaban J connectivity index is 0.000000269. The average molecular weight is 262 g/mol. The molecule has 2 heterocycles. The van der Waals surface area contributed by atoms with Gasteiger partial charge in [-0.3, -0.25) is 0 Å². The molecule has 1 aliphatic rings. The van der Waals surface area contributed by atoms with Crippen molar-refractivity contribution in [3.63, 3.8) is 0 Å². The topological polar surface area (TPSA) is 141 Å². The molecule has 5 N–H and O–H groups in total. The molecule has 0 aromatic carbocycles. The molecular weight excluding hydrogens is 248 g/mol. The van der Waals surface area contributed by atoms with Crippen LogP contribution in [0.5, 0.6) is 0 Å². The van der Waals surface area contributed by atoms with Gasteiger partial charge in [0.2, 0.25) is 0 Å². The number of hydrogen-bond acceptors (Lipinski definition) is 7. The number of aliphatic hydroxyl groups is 4. The van der Waals surface area contributed by atoms with Crippen LogP contribution in [0.3, 0.4) is 0 Å². The van der Waals surface area contributed by atoms with E-state index in [0.717, 1.165) is 0 Å². The number of carboxylic acids is 1. The van der Waals surface area contributed by atoms with Crippen molar-refractivity contribution in [3.05, 3.63) is 24.7 Å². The van der Waals surface area contributed by atoms with Gasteiger partial charge >= 0.3 is 5.97 Å². The summed E-state index contributed by atoms with van der Waals surface area (Å²) in [6.45, 7) is 0. The first kappa shape index (κ1) is 14.6. The molecule has 0 saturated carbocycles. The molecule has 1 fully saturated rings. The first-order chi connectivity index (χ1) is 8.45. The summed E-state index contributed by atoms with van der Waals surface area (Å²) in [5.74, 6) is -1.52. The molecule has 0 aliphatic carbocycles. The predicted molar refractivity (Wildman–Crippen MR) is 55.2 cm³/mol. The lowest BCUT2D eigenvalue weighted by atomic mass is 9.99. The highest BCUT2D eigenvalue weighted by atomic mass is 16.6. The summed E-state index contributed by atoms with van der Waals surface area (Å²) in [5, 5.41) is 44.4. The normalized spacial score (nSPS) is 35.4. The van der Waals surface area contributed by atoms with Gasteiger partial charge in [0, 0.05) is 0 Å². The van der Waals surface area contributed by atoms with Crippen LogP contribution < -0.4 is 0 Å². The molecule has 5 atom stereocenters. The second kappa shape index (κ2) is 6.47. The highest BCUT2D eigenvalue weighted by Crippen LogP contribution is 2.19. The number of aliphatic carboxylic acids is 1. The van der Waals surface area contributed by atoms with Gasteiger partial charge in [-0.15, -0.1) is 0 Å². The van der Waals surface area contributed by atoms with E-state index in [2.05, 4.69) is 9.15 Å². The molecule has 2 rings (SSSR count). The SMILES string of the molecule is O=C(O)[C@H]1O[C@@H](O)[C@H](O)[C@@H](O)[C@@H]1O.c1ccoc1. The number of furan rings is 1. The third-order valence-corrected chi connectivity index (χ3v) is 2.26. The Labute approximate surface area is 102 Å². The van der Waals surface area contributed by atoms with Crippen molar-refractivity contribution in [2.45, 2.75) is 30.7 Å². The van der Waals surface area contributed by atoms with E-state index in [4.69, 9.17) is 25.5 Å². The van der Waals surface area contributed by atoms with Gasteiger partial charge in [-0.05, 0) is 12.1 Å². The largest absolute Gasteiger partial charge is 0.479 e. The molecule has 0 radical (unpaired) electrons. The van der Waals surface area contributed by atoms with E-state index < -0.39 is 36.7 Å². The van der Waals surface area contributed by atoms with E-state index in [1.807, 2.05) is 12.1 Å². The van der Waals surface area contributed by atoms with E-state index in [0.29, 0.717) is 0 Å². The van der Waals surface area contributed by atoms with Crippen molar-refractivity contribution in [1.29, 1.82) is 0 Å². The van der Waals surface area contributed by atoms with Gasteiger partial charge in [0.05, 0.1) is 12.5 Å². The van der Waals surface area contributed by atoms with Crippen LogP contribution in [0.1, 0.15) is 0 Å². The lowest BCUT2D eigenvalue weighted by molar-refractivity contribution is -0.279. The fourth-order valence-corrected chi connectivity index (χ4v) is 1.29. The van der Waals surface area contributed by atoms with Gasteiger partial charge in [-0.1, -0.05) is 0 Å². The van der Waals surface area contributed by atoms with E-state index >= 15 is 0 Å². The van der Waals surface area contributed by atoms with E-state index in [1.54, 1.807) is 12.5 Å². The van der Waals surface area contributed by atoms with Crippen molar-refractivity contribution >= 4 is 5.97 Å². The lowest BCUT2D eigenvalue weighted by Crippen LogP contribution is -2.59. The number of hydrogen-bond donors (Lipinski definition) is 5. The fourth-order valence-electron chi connectivity index (χ4n) is 1.29. The van der Waals surface area contributed by atoms with Gasteiger partial charge in [-0.25, -0.2) is 4.79 Å². The van der Waals surface area contributed by atoms with Crippen LogP contribution in [-0.4, -0.2) is 62.2 Å². The van der Waals surface area contributed by atoms with E-state index in [1.165, 1.54) is 0 Å². The van der Waals surface area contributed by atoms with Crippen molar-refractivity contribution < 1.29 is 39.5 Å². The quantitative estimate of drug-likeness (QED) is 0.397. The number of ether oxygens (including phenoxy) is 1. The van der Waals surface area contributed by atoms with Crippen molar-refractivity contribution in [2.24, 2.45) is 0 Å². The summed E-state index contributed by atoms with van der Waals surface area (Å²) in [5.41, 5.74) is 0. The molecule has 0 spiro atoms. The molecule has 102 valence electrons. The van der Waals surface area contributed by atoms with Crippen LogP contribution in [-0.2, 0) is 9.53 Å². The Hall–Kier alpha value is -1.45. The summed E-state index contributed by atoms with van der Waals surface area (Å²) in [4.78, 5) is 10.4. The Kier molecular flexibility index (Phi) is 5.25. The van der Waals surface area contributed by atoms with Gasteiger partial charge in [0.1, 0.15) is 18.3 Å². The monoisotopic (exact) mass is 262 g/mol. The van der Waals surface area contributed by atoms with E-state index in [9.17, 15) is 4.79 Å². The van der Waals surface area contributed by atoms with Crippen LogP contribution in [0, 0.1) is 0 Å². The smallest absolute Gasteiger partial charge is 0.335 e. The van der Waals surface area contributed by atoms with Gasteiger partial charge < -0.3 is 34.7 Å². The second-order valence-corrected chi connectivity index (χ2v) is 3.55. The minimum atomic E-state index is -1.81. The van der Waals surface area contributed by atoms with Gasteiger partial charge in [-0.2, -0.15) is 0 Å². The number of rotatable bonds is 1. The molecule has 8 nitrogen and oxygen atoms in total. The van der Waals surface area contributed by atoms with Crippen LogP contribution in [0.2, 0.25) is 0 Å². The zero-order valence-corrected chi connectivity index (χ0v) is 9.16. The average Bonchev–Trinajstić information content (AvgIpc) is 2.89. The zero-order valence-electron chi connectivity index (χ0n) is 9.16. The highest BCUT2D eigenvalue weighted by molar-refractivity contribution is 5.73. The number of carboxylic acid groups (broad SMARTS) is 1. The molecule has 8 heteroatoms. The van der Waals surface area contributed by atoms with Crippen molar-refractivity contribution in [2.75, 3.05) is 0 Å². The van der Waals surface area contributed by atoms with Crippen LogP contribution in [0.25, 0.3) is 0 Å². The van der Waals surface area contributed by atoms with Crippen LogP contribution in [0.15, 0.2) is 29.1 Å². The molecule has 0 bridgehead atoms. The first-order valence-corrected chi connectivity index (χ1v) is 5.03. The Morgan fingerprint density at radius 1 is 0.944 bits per heavy atom. The minimum absolute atomic E-state index is 1.52. The Morgan fingerprint density at radius 2 is 1.50 bits per heavy atom. The lowest BCUT2D eigenvalue weighted by Gasteiger charge is -2.36. The number of carbonyl (C=O) groups is 1. The molecule has 1 saturated heterocycles. The summed E-state index contributed by atoms with van der Waals surface area (Å²) >= 11 is 0. The maximum absolute atomic E-state index is 10.4. The maximum atomic E-state index is 10.4. The number of aliphatic hydroxyl groups excluding tert-OH is 4. The fraction of sp³-hybridized carbons (Fsp3) is 0.500. The molecule has 18 heavy (non-hydrogen) atoms. The third-order valence-electron chi connectivity index (χ3n) is 2.26. The molecule has 1 aromatic heterocycles. The standard InChI is InChI=1S/C6H10O7.C4H4O/c7-1-2(8)4(5(10)11)13-6(12)3(1)9;1-2-4-5-3-1/h1-4,6-9,12H,(H,10,11);1-4H/t1-,2-,3+,4-,6+;/m0./s1. The summed E-state index contributed by atoms with van der Waals surface area (Å²) in [7, 11) is 0. The van der Waals surface area contributed by atoms with Crippen molar-refractivity contribution in [3.8, 4) is 0 Å². The molecule has 0 amide bonds. The predicted octanol–water partition coefficient (Wildman–Crippen LogP) is -1.85. The van der Waals surface area contributed by atoms with Crippen molar-refractivity contribution in [1.82, 2.24) is 0 Å². The highest BCUT2D eigenvalue weighted by Gasteiger charge is 2.46. The molecule has 0 unspecified atom stereocenters. The Bertz CT molecular complexity index is 334. The molecule has 1 aromatic rings. The summed E-state index contributed by atoms with van der Waals surface area (Å²) < 4.78 is 8.92. The van der Waals surface area contributed by atoms with Crippen LogP contribution in [0.4, 0.5) is 0 Å². The van der Waals surface area contributed by atoms with Crippen LogP contribution >= 0.6 is 0 Å². The molecule has 1 aliphatic heterocycles. The van der Waals surface area contributed by atoms with Gasteiger partial charge in [0.15, 0.2) is 12.4 Å². The van der Waals surface area contributed by atoms with Gasteiger partial charge in [0.25, 0.3) is 0 Å². The zero-order chi connectivity index (χ0) is 13.7. The first-order valence-electron chi connectivity index (χ1n) is 5.03. The summed E-state index contributed by atoms with van der Waals surface area (Å²) in [6, 6.07) is 3.67. The third kappa shape index (κ3) is 3.52.